The molecule has 0 aliphatic rings. The van der Waals surface area contributed by atoms with E-state index in [1.165, 1.54) is 29.2 Å². The van der Waals surface area contributed by atoms with Crippen LogP contribution in [0.15, 0.2) is 30.3 Å². The Kier molecular flexibility index (Phi) is 6.92. The van der Waals surface area contributed by atoms with Crippen LogP contribution in [0.5, 0.6) is 5.75 Å². The average Bonchev–Trinajstić information content (AvgIpc) is 3.06. The summed E-state index contributed by atoms with van der Waals surface area (Å²) in [5, 5.41) is 21.7. The standard InChI is InChI=1S/C23H28FN3O4/c1-14-25-19-13-18(23(30)26(2)3)17(22(29)21(19)27(14)11-12-31-4)9-10-20(28)15-5-7-16(24)8-6-15/h5-8,13,20,28-29H,9-12H2,1-4H3. The van der Waals surface area contributed by atoms with Gasteiger partial charge in [0.2, 0.25) is 0 Å². The summed E-state index contributed by atoms with van der Waals surface area (Å²) in [6.07, 6.45) is -0.356. The van der Waals surface area contributed by atoms with E-state index in [4.69, 9.17) is 4.74 Å². The maximum Gasteiger partial charge on any atom is 0.253 e. The number of phenolic OH excluding ortho intramolecular Hbond substituents is 1. The smallest absolute Gasteiger partial charge is 0.253 e. The van der Waals surface area contributed by atoms with Gasteiger partial charge in [0.1, 0.15) is 22.9 Å². The SMILES string of the molecule is COCCn1c(C)nc2cc(C(=O)N(C)C)c(CCC(O)c3ccc(F)cc3)c(O)c21. The van der Waals surface area contributed by atoms with Gasteiger partial charge in [0.15, 0.2) is 0 Å². The van der Waals surface area contributed by atoms with E-state index in [2.05, 4.69) is 4.98 Å². The highest BCUT2D eigenvalue weighted by Crippen LogP contribution is 2.35. The Hall–Kier alpha value is -2.97. The lowest BCUT2D eigenvalue weighted by molar-refractivity contribution is 0.0825. The van der Waals surface area contributed by atoms with E-state index >= 15 is 0 Å². The number of hydrogen-bond acceptors (Lipinski definition) is 5. The molecule has 0 saturated carbocycles. The van der Waals surface area contributed by atoms with Crippen molar-refractivity contribution in [2.75, 3.05) is 27.8 Å². The number of aromatic hydroxyl groups is 1. The maximum absolute atomic E-state index is 13.2. The highest BCUT2D eigenvalue weighted by molar-refractivity contribution is 6.01. The third kappa shape index (κ3) is 4.70. The maximum atomic E-state index is 13.2. The molecule has 3 rings (SSSR count). The molecule has 1 heterocycles. The lowest BCUT2D eigenvalue weighted by Gasteiger charge is -2.18. The average molecular weight is 429 g/mol. The van der Waals surface area contributed by atoms with E-state index in [0.717, 1.165) is 0 Å². The second kappa shape index (κ2) is 9.45. The van der Waals surface area contributed by atoms with Crippen LogP contribution in [0.2, 0.25) is 0 Å². The molecule has 0 fully saturated rings. The number of hydrogen-bond donors (Lipinski definition) is 2. The van der Waals surface area contributed by atoms with Gasteiger partial charge in [-0.05, 0) is 43.5 Å². The van der Waals surface area contributed by atoms with Crippen molar-refractivity contribution < 1.29 is 24.1 Å². The molecule has 2 N–H and O–H groups in total. The Bertz CT molecular complexity index is 1080. The quantitative estimate of drug-likeness (QED) is 0.574. The summed E-state index contributed by atoms with van der Waals surface area (Å²) in [7, 11) is 4.89. The van der Waals surface area contributed by atoms with Crippen LogP contribution in [0, 0.1) is 12.7 Å². The first-order valence-electron chi connectivity index (χ1n) is 10.1. The minimum Gasteiger partial charge on any atom is -0.505 e. The van der Waals surface area contributed by atoms with Crippen molar-refractivity contribution in [3.8, 4) is 5.75 Å². The van der Waals surface area contributed by atoms with Crippen LogP contribution >= 0.6 is 0 Å². The molecular formula is C23H28FN3O4. The molecule has 1 atom stereocenters. The third-order valence-electron chi connectivity index (χ3n) is 5.38. The monoisotopic (exact) mass is 429 g/mol. The number of aromatic nitrogens is 2. The summed E-state index contributed by atoms with van der Waals surface area (Å²) in [5.41, 5.74) is 2.43. The van der Waals surface area contributed by atoms with Crippen molar-refractivity contribution in [1.29, 1.82) is 0 Å². The molecule has 7 nitrogen and oxygen atoms in total. The molecule has 166 valence electrons. The highest BCUT2D eigenvalue weighted by Gasteiger charge is 2.24. The van der Waals surface area contributed by atoms with Gasteiger partial charge in [-0.15, -0.1) is 0 Å². The van der Waals surface area contributed by atoms with Crippen molar-refractivity contribution in [3.63, 3.8) is 0 Å². The second-order valence-corrected chi connectivity index (χ2v) is 7.73. The number of halogens is 1. The number of aryl methyl sites for hydroxylation is 1. The number of ether oxygens (including phenoxy) is 1. The number of phenols is 1. The number of carbonyl (C=O) groups excluding carboxylic acids is 1. The van der Waals surface area contributed by atoms with Gasteiger partial charge < -0.3 is 24.4 Å². The van der Waals surface area contributed by atoms with Gasteiger partial charge in [-0.1, -0.05) is 12.1 Å². The van der Waals surface area contributed by atoms with Crippen LogP contribution in [0.4, 0.5) is 4.39 Å². The summed E-state index contributed by atoms with van der Waals surface area (Å²) in [6.45, 7) is 2.79. The number of imidazole rings is 1. The summed E-state index contributed by atoms with van der Waals surface area (Å²) in [6, 6.07) is 7.32. The van der Waals surface area contributed by atoms with E-state index < -0.39 is 6.10 Å². The second-order valence-electron chi connectivity index (χ2n) is 7.73. The van der Waals surface area contributed by atoms with Crippen LogP contribution in [0.1, 0.15) is 39.8 Å². The Morgan fingerprint density at radius 3 is 2.58 bits per heavy atom. The number of amides is 1. The largest absolute Gasteiger partial charge is 0.505 e. The molecule has 0 spiro atoms. The van der Waals surface area contributed by atoms with Gasteiger partial charge in [0.25, 0.3) is 5.91 Å². The first-order valence-corrected chi connectivity index (χ1v) is 10.1. The Morgan fingerprint density at radius 1 is 1.29 bits per heavy atom. The van der Waals surface area contributed by atoms with E-state index in [1.54, 1.807) is 27.3 Å². The van der Waals surface area contributed by atoms with Gasteiger partial charge in [-0.3, -0.25) is 4.79 Å². The molecule has 2 aromatic carbocycles. The molecule has 3 aromatic rings. The fourth-order valence-corrected chi connectivity index (χ4v) is 3.71. The zero-order chi connectivity index (χ0) is 22.7. The topological polar surface area (TPSA) is 87.8 Å². The molecule has 0 radical (unpaired) electrons. The summed E-state index contributed by atoms with van der Waals surface area (Å²) >= 11 is 0. The van der Waals surface area contributed by atoms with E-state index in [9.17, 15) is 19.4 Å². The minimum absolute atomic E-state index is 0.0225. The predicted octanol–water partition coefficient (Wildman–Crippen LogP) is 3.20. The van der Waals surface area contributed by atoms with Gasteiger partial charge in [0.05, 0.1) is 18.2 Å². The van der Waals surface area contributed by atoms with E-state index in [1.807, 2.05) is 11.5 Å². The Labute approximate surface area is 180 Å². The molecule has 1 amide bonds. The Morgan fingerprint density at radius 2 is 1.97 bits per heavy atom. The number of benzene rings is 2. The van der Waals surface area contributed by atoms with Gasteiger partial charge in [-0.25, -0.2) is 9.37 Å². The number of fused-ring (bicyclic) bond motifs is 1. The lowest BCUT2D eigenvalue weighted by Crippen LogP contribution is -2.23. The number of nitrogens with zero attached hydrogens (tertiary/aromatic N) is 3. The van der Waals surface area contributed by atoms with Crippen molar-refractivity contribution in [2.45, 2.75) is 32.4 Å². The predicted molar refractivity (Wildman–Crippen MR) is 116 cm³/mol. The van der Waals surface area contributed by atoms with E-state index in [-0.39, 0.29) is 30.3 Å². The number of rotatable bonds is 8. The molecule has 0 saturated heterocycles. The van der Waals surface area contributed by atoms with Crippen LogP contribution < -0.4 is 0 Å². The van der Waals surface area contributed by atoms with Crippen molar-refractivity contribution in [2.24, 2.45) is 0 Å². The molecule has 1 unspecified atom stereocenters. The van der Waals surface area contributed by atoms with Gasteiger partial charge in [0, 0.05) is 38.9 Å². The third-order valence-corrected chi connectivity index (χ3v) is 5.38. The molecule has 8 heteroatoms. The molecule has 1 aromatic heterocycles. The van der Waals surface area contributed by atoms with Crippen molar-refractivity contribution in [1.82, 2.24) is 14.5 Å². The van der Waals surface area contributed by atoms with Gasteiger partial charge in [-0.2, -0.15) is 0 Å². The first-order chi connectivity index (χ1) is 14.7. The Balaban J connectivity index is 2.03. The summed E-state index contributed by atoms with van der Waals surface area (Å²) in [4.78, 5) is 18.8. The van der Waals surface area contributed by atoms with Crippen molar-refractivity contribution in [3.05, 3.63) is 58.7 Å². The number of carbonyl (C=O) groups is 1. The van der Waals surface area contributed by atoms with Crippen LogP contribution in [-0.2, 0) is 17.7 Å². The zero-order valence-electron chi connectivity index (χ0n) is 18.2. The van der Waals surface area contributed by atoms with Crippen LogP contribution in [0.3, 0.4) is 0 Å². The normalized spacial score (nSPS) is 12.3. The molecular weight excluding hydrogens is 401 g/mol. The number of methoxy groups -OCH3 is 1. The first kappa shape index (κ1) is 22.7. The zero-order valence-corrected chi connectivity index (χ0v) is 18.2. The highest BCUT2D eigenvalue weighted by atomic mass is 19.1. The van der Waals surface area contributed by atoms with Crippen LogP contribution in [-0.4, -0.2) is 58.4 Å². The molecule has 0 aliphatic heterocycles. The fraction of sp³-hybridized carbons (Fsp3) is 0.391. The van der Waals surface area contributed by atoms with Crippen LogP contribution in [0.25, 0.3) is 11.0 Å². The molecule has 31 heavy (non-hydrogen) atoms. The van der Waals surface area contributed by atoms with Gasteiger partial charge >= 0.3 is 0 Å². The van der Waals surface area contributed by atoms with E-state index in [0.29, 0.717) is 46.7 Å². The summed E-state index contributed by atoms with van der Waals surface area (Å²) in [5.74, 6) is 0.0463. The molecule has 0 bridgehead atoms. The lowest BCUT2D eigenvalue weighted by atomic mass is 9.95. The molecule has 0 aliphatic carbocycles. The van der Waals surface area contributed by atoms with Crippen molar-refractivity contribution >= 4 is 16.9 Å². The fourth-order valence-electron chi connectivity index (χ4n) is 3.71. The minimum atomic E-state index is -0.863. The number of aliphatic hydroxyl groups excluding tert-OH is 1. The summed E-state index contributed by atoms with van der Waals surface area (Å²) < 4.78 is 20.2. The number of aliphatic hydroxyl groups is 1.